The van der Waals surface area contributed by atoms with Crippen LogP contribution in [0.3, 0.4) is 0 Å². The van der Waals surface area contributed by atoms with E-state index in [4.69, 9.17) is 5.73 Å². The zero-order chi connectivity index (χ0) is 14.9. The Labute approximate surface area is 127 Å². The van der Waals surface area contributed by atoms with E-state index >= 15 is 0 Å². The molecule has 1 aromatic heterocycles. The number of hydrogen-bond acceptors (Lipinski definition) is 4. The molecule has 2 heterocycles. The van der Waals surface area contributed by atoms with E-state index in [0.717, 1.165) is 57.7 Å². The lowest BCUT2D eigenvalue weighted by Crippen LogP contribution is -2.35. The van der Waals surface area contributed by atoms with Crippen LogP contribution in [0.4, 0.5) is 0 Å². The van der Waals surface area contributed by atoms with Gasteiger partial charge in [-0.15, -0.1) is 0 Å². The van der Waals surface area contributed by atoms with Crippen LogP contribution in [0.2, 0.25) is 0 Å². The maximum Gasteiger partial charge on any atom is 0.254 e. The minimum absolute atomic E-state index is 0.127. The molecule has 1 amide bonds. The summed E-state index contributed by atoms with van der Waals surface area (Å²) < 4.78 is 0. The van der Waals surface area contributed by atoms with Crippen LogP contribution >= 0.6 is 0 Å². The SMILES string of the molecule is NCCCCCN1CCCN(C(=O)c2ccncc2)CC1. The van der Waals surface area contributed by atoms with Crippen molar-refractivity contribution in [2.75, 3.05) is 39.3 Å². The quantitative estimate of drug-likeness (QED) is 0.804. The maximum atomic E-state index is 12.4. The third-order valence-electron chi connectivity index (χ3n) is 3.98. The highest BCUT2D eigenvalue weighted by Gasteiger charge is 2.19. The van der Waals surface area contributed by atoms with Gasteiger partial charge in [-0.25, -0.2) is 0 Å². The van der Waals surface area contributed by atoms with Gasteiger partial charge in [0.2, 0.25) is 0 Å². The van der Waals surface area contributed by atoms with Crippen molar-refractivity contribution in [3.05, 3.63) is 30.1 Å². The maximum absolute atomic E-state index is 12.4. The van der Waals surface area contributed by atoms with Crippen molar-refractivity contribution < 1.29 is 4.79 Å². The summed E-state index contributed by atoms with van der Waals surface area (Å²) >= 11 is 0. The van der Waals surface area contributed by atoms with E-state index < -0.39 is 0 Å². The molecule has 2 rings (SSSR count). The van der Waals surface area contributed by atoms with Crippen molar-refractivity contribution in [3.63, 3.8) is 0 Å². The van der Waals surface area contributed by atoms with Crippen LogP contribution < -0.4 is 5.73 Å². The molecule has 1 aliphatic rings. The molecule has 116 valence electrons. The van der Waals surface area contributed by atoms with Gasteiger partial charge in [-0.2, -0.15) is 0 Å². The van der Waals surface area contributed by atoms with Crippen molar-refractivity contribution in [2.45, 2.75) is 25.7 Å². The van der Waals surface area contributed by atoms with Gasteiger partial charge in [0.15, 0.2) is 0 Å². The number of hydrogen-bond donors (Lipinski definition) is 1. The minimum Gasteiger partial charge on any atom is -0.337 e. The van der Waals surface area contributed by atoms with Gasteiger partial charge in [-0.05, 0) is 51.0 Å². The first-order valence-electron chi connectivity index (χ1n) is 7.93. The second-order valence-electron chi connectivity index (χ2n) is 5.57. The highest BCUT2D eigenvalue weighted by atomic mass is 16.2. The van der Waals surface area contributed by atoms with E-state index in [1.807, 2.05) is 4.90 Å². The molecule has 1 aliphatic heterocycles. The van der Waals surface area contributed by atoms with Crippen LogP contribution in [-0.4, -0.2) is 60.0 Å². The number of amides is 1. The topological polar surface area (TPSA) is 62.5 Å². The first kappa shape index (κ1) is 15.9. The van der Waals surface area contributed by atoms with E-state index in [-0.39, 0.29) is 5.91 Å². The van der Waals surface area contributed by atoms with E-state index in [0.29, 0.717) is 0 Å². The molecule has 0 saturated carbocycles. The van der Waals surface area contributed by atoms with Crippen molar-refractivity contribution in [1.29, 1.82) is 0 Å². The molecule has 1 aromatic rings. The van der Waals surface area contributed by atoms with Crippen LogP contribution in [0, 0.1) is 0 Å². The minimum atomic E-state index is 0.127. The summed E-state index contributed by atoms with van der Waals surface area (Å²) in [7, 11) is 0. The lowest BCUT2D eigenvalue weighted by Gasteiger charge is -2.22. The molecule has 0 unspecified atom stereocenters. The molecule has 5 heteroatoms. The summed E-state index contributed by atoms with van der Waals surface area (Å²) in [6.07, 6.45) is 7.92. The van der Waals surface area contributed by atoms with Gasteiger partial charge in [0.1, 0.15) is 0 Å². The molecule has 21 heavy (non-hydrogen) atoms. The molecule has 0 bridgehead atoms. The third kappa shape index (κ3) is 5.10. The lowest BCUT2D eigenvalue weighted by molar-refractivity contribution is 0.0761. The molecule has 2 N–H and O–H groups in total. The molecule has 1 fully saturated rings. The summed E-state index contributed by atoms with van der Waals surface area (Å²) in [4.78, 5) is 20.8. The van der Waals surface area contributed by atoms with Gasteiger partial charge in [0.05, 0.1) is 0 Å². The monoisotopic (exact) mass is 290 g/mol. The fourth-order valence-electron chi connectivity index (χ4n) is 2.73. The van der Waals surface area contributed by atoms with Crippen molar-refractivity contribution >= 4 is 5.91 Å². The fourth-order valence-corrected chi connectivity index (χ4v) is 2.73. The Morgan fingerprint density at radius 2 is 1.90 bits per heavy atom. The molecule has 0 radical (unpaired) electrons. The molecular formula is C16H26N4O. The number of rotatable bonds is 6. The van der Waals surface area contributed by atoms with Crippen LogP contribution in [0.15, 0.2) is 24.5 Å². The summed E-state index contributed by atoms with van der Waals surface area (Å²) in [5, 5.41) is 0. The zero-order valence-corrected chi connectivity index (χ0v) is 12.7. The van der Waals surface area contributed by atoms with Gasteiger partial charge in [0, 0.05) is 37.6 Å². The second kappa shape index (κ2) is 8.74. The lowest BCUT2D eigenvalue weighted by atomic mass is 10.2. The third-order valence-corrected chi connectivity index (χ3v) is 3.98. The largest absolute Gasteiger partial charge is 0.337 e. The predicted octanol–water partition coefficient (Wildman–Crippen LogP) is 1.36. The van der Waals surface area contributed by atoms with E-state index in [1.54, 1.807) is 24.5 Å². The molecule has 0 atom stereocenters. The van der Waals surface area contributed by atoms with Crippen molar-refractivity contribution in [3.8, 4) is 0 Å². The first-order valence-corrected chi connectivity index (χ1v) is 7.93. The summed E-state index contributed by atoms with van der Waals surface area (Å²) in [5.74, 6) is 0.127. The highest BCUT2D eigenvalue weighted by molar-refractivity contribution is 5.94. The van der Waals surface area contributed by atoms with E-state index in [9.17, 15) is 4.79 Å². The highest BCUT2D eigenvalue weighted by Crippen LogP contribution is 2.09. The number of aromatic nitrogens is 1. The first-order chi connectivity index (χ1) is 10.3. The Morgan fingerprint density at radius 1 is 1.10 bits per heavy atom. The standard InChI is InChI=1S/C16H26N4O/c17-7-2-1-3-10-19-11-4-12-20(14-13-19)16(21)15-5-8-18-9-6-15/h5-6,8-9H,1-4,7,10-14,17H2. The van der Waals surface area contributed by atoms with Crippen molar-refractivity contribution in [2.24, 2.45) is 5.73 Å². The normalized spacial score (nSPS) is 16.7. The Kier molecular flexibility index (Phi) is 6.63. The average Bonchev–Trinajstić information content (AvgIpc) is 2.77. The molecule has 0 spiro atoms. The Bertz CT molecular complexity index is 424. The molecule has 0 aromatic carbocycles. The van der Waals surface area contributed by atoms with E-state index in [2.05, 4.69) is 9.88 Å². The van der Waals surface area contributed by atoms with E-state index in [1.165, 1.54) is 12.8 Å². The van der Waals surface area contributed by atoms with Gasteiger partial charge in [-0.3, -0.25) is 9.78 Å². The van der Waals surface area contributed by atoms with Gasteiger partial charge in [0.25, 0.3) is 5.91 Å². The number of carbonyl (C=O) groups excluding carboxylic acids is 1. The number of carbonyl (C=O) groups is 1. The Balaban J connectivity index is 1.79. The average molecular weight is 290 g/mol. The van der Waals surface area contributed by atoms with Gasteiger partial charge >= 0.3 is 0 Å². The molecule has 0 aliphatic carbocycles. The van der Waals surface area contributed by atoms with Crippen LogP contribution in [0.5, 0.6) is 0 Å². The van der Waals surface area contributed by atoms with Gasteiger partial charge in [-0.1, -0.05) is 6.42 Å². The Hall–Kier alpha value is -1.46. The number of pyridine rings is 1. The Morgan fingerprint density at radius 3 is 2.67 bits per heavy atom. The number of nitrogens with zero attached hydrogens (tertiary/aromatic N) is 3. The second-order valence-corrected chi connectivity index (χ2v) is 5.57. The predicted molar refractivity (Wildman–Crippen MR) is 84.1 cm³/mol. The zero-order valence-electron chi connectivity index (χ0n) is 12.7. The summed E-state index contributed by atoms with van der Waals surface area (Å²) in [6, 6.07) is 3.58. The molecule has 5 nitrogen and oxygen atoms in total. The fraction of sp³-hybridized carbons (Fsp3) is 0.625. The smallest absolute Gasteiger partial charge is 0.254 e. The van der Waals surface area contributed by atoms with Gasteiger partial charge < -0.3 is 15.5 Å². The van der Waals surface area contributed by atoms with Crippen LogP contribution in [0.1, 0.15) is 36.0 Å². The number of unbranched alkanes of at least 4 members (excludes halogenated alkanes) is 2. The van der Waals surface area contributed by atoms with Crippen LogP contribution in [0.25, 0.3) is 0 Å². The summed E-state index contributed by atoms with van der Waals surface area (Å²) in [6.45, 7) is 5.63. The summed E-state index contributed by atoms with van der Waals surface area (Å²) in [5.41, 5.74) is 6.25. The van der Waals surface area contributed by atoms with Crippen molar-refractivity contribution in [1.82, 2.24) is 14.8 Å². The number of nitrogens with two attached hydrogens (primary N) is 1. The van der Waals surface area contributed by atoms with Crippen LogP contribution in [-0.2, 0) is 0 Å². The molecular weight excluding hydrogens is 264 g/mol. The molecule has 1 saturated heterocycles.